The number of hydrogen-bond donors (Lipinski definition) is 1. The highest BCUT2D eigenvalue weighted by Crippen LogP contribution is 2.14. The molecule has 0 bridgehead atoms. The van der Waals surface area contributed by atoms with E-state index >= 15 is 0 Å². The third kappa shape index (κ3) is 2.88. The van der Waals surface area contributed by atoms with Gasteiger partial charge in [0.25, 0.3) is 0 Å². The van der Waals surface area contributed by atoms with Crippen LogP contribution in [0.2, 0.25) is 0 Å². The van der Waals surface area contributed by atoms with Crippen molar-refractivity contribution in [3.8, 4) is 0 Å². The second kappa shape index (κ2) is 5.21. The van der Waals surface area contributed by atoms with Gasteiger partial charge in [0.15, 0.2) is 0 Å². The number of anilines is 1. The molecule has 1 unspecified atom stereocenters. The minimum Gasteiger partial charge on any atom is -0.388 e. The third-order valence-electron chi connectivity index (χ3n) is 2.79. The molecule has 0 saturated heterocycles. The first-order valence-electron chi connectivity index (χ1n) is 5.29. The highest BCUT2D eigenvalue weighted by Gasteiger charge is 2.16. The number of thiocarbonyl (C=S) groups is 1. The van der Waals surface area contributed by atoms with Crippen LogP contribution in [-0.4, -0.2) is 28.0 Å². The minimum absolute atomic E-state index is 0.300. The highest BCUT2D eigenvalue weighted by atomic mass is 32.1. The fourth-order valence-corrected chi connectivity index (χ4v) is 1.40. The van der Waals surface area contributed by atoms with Gasteiger partial charge in [-0.25, -0.2) is 9.97 Å². The van der Waals surface area contributed by atoms with Crippen LogP contribution in [-0.2, 0) is 0 Å². The molecule has 0 aliphatic heterocycles. The van der Waals surface area contributed by atoms with Gasteiger partial charge < -0.3 is 10.6 Å². The number of nitrogens with zero attached hydrogens (tertiary/aromatic N) is 3. The average molecular weight is 238 g/mol. The monoisotopic (exact) mass is 238 g/mol. The molecule has 0 fully saturated rings. The Balaban J connectivity index is 2.95. The fourth-order valence-electron chi connectivity index (χ4n) is 1.28. The standard InChI is InChI=1S/C11H18N4S/c1-7(2)8(3)15(4)11-13-6-5-9(14-11)10(12)16/h5-8H,1-4H3,(H2,12,16). The average Bonchev–Trinajstić information content (AvgIpc) is 2.27. The van der Waals surface area contributed by atoms with Crippen LogP contribution in [0.3, 0.4) is 0 Å². The van der Waals surface area contributed by atoms with E-state index in [1.165, 1.54) is 0 Å². The van der Waals surface area contributed by atoms with Gasteiger partial charge in [-0.2, -0.15) is 0 Å². The molecule has 1 rings (SSSR count). The Labute approximate surface area is 102 Å². The predicted octanol–water partition coefficient (Wildman–Crippen LogP) is 1.59. The zero-order valence-corrected chi connectivity index (χ0v) is 11.0. The molecule has 0 spiro atoms. The molecular formula is C11H18N4S. The molecule has 1 aromatic heterocycles. The van der Waals surface area contributed by atoms with Crippen molar-refractivity contribution in [2.24, 2.45) is 11.7 Å². The van der Waals surface area contributed by atoms with Crippen molar-refractivity contribution in [1.29, 1.82) is 0 Å². The van der Waals surface area contributed by atoms with Crippen molar-refractivity contribution in [2.45, 2.75) is 26.8 Å². The Hall–Kier alpha value is -1.23. The summed E-state index contributed by atoms with van der Waals surface area (Å²) in [7, 11) is 1.98. The number of nitrogens with two attached hydrogens (primary N) is 1. The van der Waals surface area contributed by atoms with Gasteiger partial charge in [0.05, 0.1) is 0 Å². The molecular weight excluding hydrogens is 220 g/mol. The number of hydrogen-bond acceptors (Lipinski definition) is 4. The maximum atomic E-state index is 5.54. The van der Waals surface area contributed by atoms with Crippen LogP contribution in [0.1, 0.15) is 26.5 Å². The topological polar surface area (TPSA) is 55.0 Å². The van der Waals surface area contributed by atoms with E-state index in [0.29, 0.717) is 28.6 Å². The van der Waals surface area contributed by atoms with Gasteiger partial charge >= 0.3 is 0 Å². The Morgan fingerprint density at radius 1 is 1.44 bits per heavy atom. The summed E-state index contributed by atoms with van der Waals surface area (Å²) in [6.07, 6.45) is 1.68. The zero-order chi connectivity index (χ0) is 12.3. The van der Waals surface area contributed by atoms with Crippen molar-refractivity contribution in [2.75, 3.05) is 11.9 Å². The molecule has 2 N–H and O–H groups in total. The van der Waals surface area contributed by atoms with Gasteiger partial charge in [-0.3, -0.25) is 0 Å². The Morgan fingerprint density at radius 3 is 2.56 bits per heavy atom. The summed E-state index contributed by atoms with van der Waals surface area (Å²) in [4.78, 5) is 10.9. The Kier molecular flexibility index (Phi) is 4.18. The van der Waals surface area contributed by atoms with E-state index in [1.54, 1.807) is 12.3 Å². The maximum Gasteiger partial charge on any atom is 0.225 e. The molecule has 1 aromatic rings. The van der Waals surface area contributed by atoms with Crippen LogP contribution in [0.25, 0.3) is 0 Å². The zero-order valence-electron chi connectivity index (χ0n) is 10.1. The highest BCUT2D eigenvalue weighted by molar-refractivity contribution is 7.80. The smallest absolute Gasteiger partial charge is 0.225 e. The van der Waals surface area contributed by atoms with E-state index in [9.17, 15) is 0 Å². The summed E-state index contributed by atoms with van der Waals surface area (Å²) in [5.41, 5.74) is 6.16. The predicted molar refractivity (Wildman–Crippen MR) is 70.6 cm³/mol. The Bertz CT molecular complexity index is 378. The molecule has 0 aliphatic carbocycles. The van der Waals surface area contributed by atoms with E-state index in [0.717, 1.165) is 0 Å². The largest absolute Gasteiger partial charge is 0.388 e. The van der Waals surface area contributed by atoms with Gasteiger partial charge in [0.1, 0.15) is 10.7 Å². The number of rotatable bonds is 4. The minimum atomic E-state index is 0.300. The lowest BCUT2D eigenvalue weighted by Gasteiger charge is -2.27. The van der Waals surface area contributed by atoms with Crippen LogP contribution < -0.4 is 10.6 Å². The van der Waals surface area contributed by atoms with Crippen LogP contribution in [0.15, 0.2) is 12.3 Å². The van der Waals surface area contributed by atoms with Gasteiger partial charge in [0, 0.05) is 19.3 Å². The molecule has 0 aromatic carbocycles. The molecule has 0 radical (unpaired) electrons. The van der Waals surface area contributed by atoms with Crippen molar-refractivity contribution >= 4 is 23.2 Å². The van der Waals surface area contributed by atoms with Crippen LogP contribution in [0, 0.1) is 5.92 Å². The maximum absolute atomic E-state index is 5.54. The van der Waals surface area contributed by atoms with Crippen molar-refractivity contribution in [1.82, 2.24) is 9.97 Å². The van der Waals surface area contributed by atoms with Gasteiger partial charge in [-0.05, 0) is 18.9 Å². The van der Waals surface area contributed by atoms with E-state index in [2.05, 4.69) is 30.7 Å². The molecule has 88 valence electrons. The van der Waals surface area contributed by atoms with E-state index in [1.807, 2.05) is 11.9 Å². The summed E-state index contributed by atoms with van der Waals surface area (Å²) in [6, 6.07) is 2.08. The van der Waals surface area contributed by atoms with Crippen molar-refractivity contribution in [3.63, 3.8) is 0 Å². The molecule has 1 heterocycles. The summed E-state index contributed by atoms with van der Waals surface area (Å²) in [5, 5.41) is 0. The molecule has 1 atom stereocenters. The quantitative estimate of drug-likeness (QED) is 0.807. The third-order valence-corrected chi connectivity index (χ3v) is 3.00. The Morgan fingerprint density at radius 2 is 2.06 bits per heavy atom. The molecule has 4 nitrogen and oxygen atoms in total. The number of aromatic nitrogens is 2. The normalized spacial score (nSPS) is 12.6. The van der Waals surface area contributed by atoms with Gasteiger partial charge in [0.2, 0.25) is 5.95 Å². The lowest BCUT2D eigenvalue weighted by molar-refractivity contribution is 0.499. The summed E-state index contributed by atoms with van der Waals surface area (Å²) in [6.45, 7) is 6.47. The lowest BCUT2D eigenvalue weighted by Crippen LogP contribution is -2.34. The second-order valence-electron chi connectivity index (χ2n) is 4.20. The van der Waals surface area contributed by atoms with E-state index < -0.39 is 0 Å². The van der Waals surface area contributed by atoms with Crippen LogP contribution in [0.4, 0.5) is 5.95 Å². The first-order valence-corrected chi connectivity index (χ1v) is 5.70. The molecule has 0 amide bonds. The summed E-state index contributed by atoms with van der Waals surface area (Å²) >= 11 is 4.89. The first kappa shape index (κ1) is 12.8. The lowest BCUT2D eigenvalue weighted by atomic mass is 10.1. The molecule has 16 heavy (non-hydrogen) atoms. The first-order chi connectivity index (χ1) is 7.43. The van der Waals surface area contributed by atoms with Crippen molar-refractivity contribution < 1.29 is 0 Å². The second-order valence-corrected chi connectivity index (χ2v) is 4.64. The fraction of sp³-hybridized carbons (Fsp3) is 0.545. The van der Waals surface area contributed by atoms with E-state index in [4.69, 9.17) is 18.0 Å². The van der Waals surface area contributed by atoms with Crippen LogP contribution in [0.5, 0.6) is 0 Å². The summed E-state index contributed by atoms with van der Waals surface area (Å²) < 4.78 is 0. The summed E-state index contributed by atoms with van der Waals surface area (Å²) in [5.74, 6) is 1.19. The molecule has 0 saturated carbocycles. The van der Waals surface area contributed by atoms with Crippen molar-refractivity contribution in [3.05, 3.63) is 18.0 Å². The van der Waals surface area contributed by atoms with Gasteiger partial charge in [-0.1, -0.05) is 26.1 Å². The van der Waals surface area contributed by atoms with Gasteiger partial charge in [-0.15, -0.1) is 0 Å². The molecule has 0 aliphatic rings. The molecule has 5 heteroatoms. The SMILES string of the molecule is CC(C)C(C)N(C)c1nccc(C(N)=S)n1. The van der Waals surface area contributed by atoms with E-state index in [-0.39, 0.29) is 0 Å². The van der Waals surface area contributed by atoms with Crippen LogP contribution >= 0.6 is 12.2 Å².